The van der Waals surface area contributed by atoms with Gasteiger partial charge in [-0.2, -0.15) is 0 Å². The number of aryl methyl sites for hydroxylation is 2. The molecule has 5 rings (SSSR count). The van der Waals surface area contributed by atoms with Gasteiger partial charge in [0.2, 0.25) is 0 Å². The number of rotatable bonds is 86. The molecule has 30 nitrogen and oxygen atoms in total. The predicted octanol–water partition coefficient (Wildman–Crippen LogP) is 7.52. The van der Waals surface area contributed by atoms with Crippen LogP contribution in [0.4, 0.5) is 0 Å². The second kappa shape index (κ2) is 71.9. The Balaban J connectivity index is 1.04. The fourth-order valence-corrected chi connectivity index (χ4v) is 11.5. The molecule has 0 saturated heterocycles. The zero-order chi connectivity index (χ0) is 81.3. The monoisotopic (exact) mass is 1640 g/mol. The zero-order valence-electron chi connectivity index (χ0n) is 69.9. The van der Waals surface area contributed by atoms with E-state index in [0.717, 1.165) is 22.3 Å². The molecule has 658 valence electrons. The molecule has 0 unspecified atom stereocenters. The van der Waals surface area contributed by atoms with E-state index in [9.17, 15) is 0 Å². The molecule has 0 heterocycles. The van der Waals surface area contributed by atoms with Gasteiger partial charge in [0.25, 0.3) is 0 Å². The molecule has 0 radical (unpaired) electrons. The fourth-order valence-electron chi connectivity index (χ4n) is 11.5. The summed E-state index contributed by atoms with van der Waals surface area (Å²) in [4.78, 5) is 0. The van der Waals surface area contributed by atoms with Crippen molar-refractivity contribution < 1.29 is 142 Å². The molecule has 0 N–H and O–H groups in total. The minimum absolute atomic E-state index is 0.293. The second-order valence-electron chi connectivity index (χ2n) is 26.0. The Morgan fingerprint density at radius 3 is 0.504 bits per heavy atom. The van der Waals surface area contributed by atoms with E-state index in [1.165, 1.54) is 22.3 Å². The largest absolute Gasteiger partial charge is 0.491 e. The van der Waals surface area contributed by atoms with Crippen LogP contribution in [0.5, 0.6) is 23.0 Å². The van der Waals surface area contributed by atoms with Gasteiger partial charge in [-0.15, -0.1) is 0 Å². The lowest BCUT2D eigenvalue weighted by molar-refractivity contribution is -0.0273. The Hall–Kier alpha value is -4.96. The molecule has 1 aliphatic carbocycles. The molecule has 0 amide bonds. The van der Waals surface area contributed by atoms with Crippen LogP contribution in [0.1, 0.15) is 33.4 Å². The molecular formula is C85H138O30. The first kappa shape index (κ1) is 101. The summed E-state index contributed by atoms with van der Waals surface area (Å²) in [6.45, 7) is 28.1. The van der Waals surface area contributed by atoms with Gasteiger partial charge in [-0.25, -0.2) is 0 Å². The molecule has 0 bridgehead atoms. The maximum absolute atomic E-state index is 6.53. The van der Waals surface area contributed by atoms with E-state index in [-0.39, 0.29) is 0 Å². The van der Waals surface area contributed by atoms with Crippen molar-refractivity contribution in [2.24, 2.45) is 0 Å². The van der Waals surface area contributed by atoms with E-state index in [1.807, 2.05) is 12.1 Å². The smallest absolute Gasteiger partial charge is 0.123 e. The summed E-state index contributed by atoms with van der Waals surface area (Å²) in [5, 5.41) is 0. The Labute approximate surface area is 683 Å². The van der Waals surface area contributed by atoms with Crippen molar-refractivity contribution >= 4 is 0 Å². The summed E-state index contributed by atoms with van der Waals surface area (Å²) in [6.07, 6.45) is 1.19. The van der Waals surface area contributed by atoms with Crippen LogP contribution >= 0.6 is 0 Å². The molecule has 1 aliphatic rings. The highest BCUT2D eigenvalue weighted by Gasteiger charge is 2.44. The normalized spacial score (nSPS) is 12.3. The van der Waals surface area contributed by atoms with Crippen LogP contribution in [-0.4, -0.2) is 372 Å². The van der Waals surface area contributed by atoms with Crippen LogP contribution in [0.3, 0.4) is 0 Å². The van der Waals surface area contributed by atoms with Gasteiger partial charge in [0, 0.05) is 46.0 Å². The van der Waals surface area contributed by atoms with E-state index in [1.54, 1.807) is 28.4 Å². The summed E-state index contributed by atoms with van der Waals surface area (Å²) in [5.74, 6) is 2.64. The number of benzene rings is 4. The first-order chi connectivity index (χ1) is 56.9. The first-order valence-corrected chi connectivity index (χ1v) is 40.6. The quantitative estimate of drug-likeness (QED) is 0.0386. The van der Waals surface area contributed by atoms with Crippen LogP contribution in [0, 0.1) is 13.8 Å². The summed E-state index contributed by atoms with van der Waals surface area (Å²) in [5.41, 5.74) is 8.64. The molecule has 0 aliphatic heterocycles. The standard InChI is InChI=1S/C85H138O30/c1-73-7-9-81-82-10-8-74(2)64-84(82)85(83(81)63-73,71-75-65-77(112-59-55-92-17-13-88-5)69-78(66-75)113-60-56-93-18-14-89-6)72-76-67-79(114-61-57-110-53-51-108-49-47-106-45-43-104-41-39-102-37-35-100-33-31-98-29-27-96-25-23-94-21-19-90-15-11-86-3)70-80(68-76)115-62-58-111-54-52-109-50-48-107-46-44-105-42-40-103-38-36-101-34-32-99-30-28-97-26-24-95-22-20-91-16-12-87-4/h7-10,63-70H,11-62,71-72H2,1-6H3. The third-order valence-electron chi connectivity index (χ3n) is 17.0. The molecule has 30 heteroatoms. The van der Waals surface area contributed by atoms with Crippen LogP contribution in [0.2, 0.25) is 0 Å². The number of ether oxygens (including phenoxy) is 30. The van der Waals surface area contributed by atoms with E-state index in [4.69, 9.17) is 142 Å². The minimum Gasteiger partial charge on any atom is -0.491 e. The topological polar surface area (TPSA) is 277 Å². The van der Waals surface area contributed by atoms with Crippen molar-refractivity contribution in [2.45, 2.75) is 32.1 Å². The molecule has 115 heavy (non-hydrogen) atoms. The highest BCUT2D eigenvalue weighted by atomic mass is 16.6. The highest BCUT2D eigenvalue weighted by molar-refractivity contribution is 5.82. The minimum atomic E-state index is -0.577. The van der Waals surface area contributed by atoms with E-state index in [2.05, 4.69) is 74.5 Å². The molecule has 0 saturated carbocycles. The summed E-state index contributed by atoms with van der Waals surface area (Å²) in [6, 6.07) is 25.9. The molecule has 0 aromatic heterocycles. The maximum Gasteiger partial charge on any atom is 0.123 e. The van der Waals surface area contributed by atoms with Gasteiger partial charge >= 0.3 is 0 Å². The van der Waals surface area contributed by atoms with Gasteiger partial charge in [-0.05, 0) is 84.3 Å². The van der Waals surface area contributed by atoms with E-state index in [0.29, 0.717) is 379 Å². The summed E-state index contributed by atoms with van der Waals surface area (Å²) in [7, 11) is 6.60. The molecular weight excluding hydrogens is 1500 g/mol. The Bertz CT molecular complexity index is 2710. The Morgan fingerprint density at radius 1 is 0.183 bits per heavy atom. The maximum atomic E-state index is 6.53. The summed E-state index contributed by atoms with van der Waals surface area (Å²) >= 11 is 0. The predicted molar refractivity (Wildman–Crippen MR) is 430 cm³/mol. The van der Waals surface area contributed by atoms with E-state index < -0.39 is 5.41 Å². The van der Waals surface area contributed by atoms with Gasteiger partial charge in [-0.3, -0.25) is 0 Å². The zero-order valence-corrected chi connectivity index (χ0v) is 69.9. The average Bonchev–Trinajstić information content (AvgIpc) is 1.56. The van der Waals surface area contributed by atoms with Gasteiger partial charge < -0.3 is 142 Å². The first-order valence-electron chi connectivity index (χ1n) is 40.6. The van der Waals surface area contributed by atoms with Crippen molar-refractivity contribution in [2.75, 3.05) is 372 Å². The van der Waals surface area contributed by atoms with Crippen LogP contribution < -0.4 is 18.9 Å². The number of hydrogen-bond acceptors (Lipinski definition) is 30. The lowest BCUT2D eigenvalue weighted by atomic mass is 9.69. The summed E-state index contributed by atoms with van der Waals surface area (Å²) < 4.78 is 170. The van der Waals surface area contributed by atoms with Crippen LogP contribution in [-0.2, 0) is 141 Å². The van der Waals surface area contributed by atoms with Crippen LogP contribution in [0.15, 0.2) is 72.8 Å². The van der Waals surface area contributed by atoms with Crippen molar-refractivity contribution in [1.82, 2.24) is 0 Å². The highest BCUT2D eigenvalue weighted by Crippen LogP contribution is 2.53. The Kier molecular flexibility index (Phi) is 62.9. The van der Waals surface area contributed by atoms with Gasteiger partial charge in [0.05, 0.1) is 317 Å². The molecule has 0 spiro atoms. The van der Waals surface area contributed by atoms with Crippen molar-refractivity contribution in [1.29, 1.82) is 0 Å². The van der Waals surface area contributed by atoms with Crippen molar-refractivity contribution in [3.63, 3.8) is 0 Å². The third-order valence-corrected chi connectivity index (χ3v) is 17.0. The lowest BCUT2D eigenvalue weighted by Gasteiger charge is -2.34. The average molecular weight is 1640 g/mol. The lowest BCUT2D eigenvalue weighted by Crippen LogP contribution is -2.31. The number of methoxy groups -OCH3 is 4. The van der Waals surface area contributed by atoms with E-state index >= 15 is 0 Å². The third kappa shape index (κ3) is 50.7. The van der Waals surface area contributed by atoms with Crippen molar-refractivity contribution in [3.8, 4) is 34.1 Å². The number of fused-ring (bicyclic) bond motifs is 3. The molecule has 0 atom stereocenters. The Morgan fingerprint density at radius 2 is 0.339 bits per heavy atom. The van der Waals surface area contributed by atoms with Crippen molar-refractivity contribution in [3.05, 3.63) is 106 Å². The molecule has 4 aromatic rings. The second-order valence-corrected chi connectivity index (χ2v) is 26.0. The van der Waals surface area contributed by atoms with Gasteiger partial charge in [0.15, 0.2) is 0 Å². The SMILES string of the molecule is COCCOCCOCCOCCOCCOCCOCCOCCOCCOCCOCCOc1cc(CC2(Cc3cc(OCCOCCOC)cc(OCCOCCOC)c3)c3cc(C)ccc3-c3ccc(C)cc32)cc(OCCOCCOCCOCCOCCOCCOCCOCCOCCOCCOCCOC)c1. The van der Waals surface area contributed by atoms with Gasteiger partial charge in [-0.1, -0.05) is 47.5 Å². The number of hydrogen-bond donors (Lipinski definition) is 0. The molecule has 4 aromatic carbocycles. The fraction of sp³-hybridized carbons (Fsp3) is 0.718. The van der Waals surface area contributed by atoms with Crippen LogP contribution in [0.25, 0.3) is 11.1 Å². The molecule has 0 fully saturated rings. The van der Waals surface area contributed by atoms with Gasteiger partial charge in [0.1, 0.15) is 49.4 Å².